The molecule has 0 spiro atoms. The van der Waals surface area contributed by atoms with E-state index in [0.29, 0.717) is 0 Å². The van der Waals surface area contributed by atoms with Crippen LogP contribution in [0.15, 0.2) is 23.1 Å². The molecule has 1 aromatic carbocycles. The molecule has 0 fully saturated rings. The number of benzene rings is 1. The number of phenolic OH excluding ortho intramolecular Hbond substituents is 1. The Balaban J connectivity index is 3.41. The third-order valence-corrected chi connectivity index (χ3v) is 37.7. The van der Waals surface area contributed by atoms with Gasteiger partial charge in [-0.15, -0.1) is 0 Å². The summed E-state index contributed by atoms with van der Waals surface area (Å²) in [6.07, 6.45) is 12.2. The van der Waals surface area contributed by atoms with Gasteiger partial charge in [0.15, 0.2) is 0 Å². The molecular formula is C31H58O6SSn2. The van der Waals surface area contributed by atoms with Crippen LogP contribution in [0.4, 0.5) is 0 Å². The molecule has 232 valence electrons. The number of rotatable bonds is 23. The van der Waals surface area contributed by atoms with E-state index in [9.17, 15) is 18.3 Å². The molecule has 0 atom stereocenters. The molecule has 0 unspecified atom stereocenters. The Kier molecular flexibility index (Phi) is 19.1. The first-order chi connectivity index (χ1) is 19.1. The van der Waals surface area contributed by atoms with Gasteiger partial charge in [0.2, 0.25) is 0 Å². The van der Waals surface area contributed by atoms with Gasteiger partial charge in [-0.2, -0.15) is 0 Å². The van der Waals surface area contributed by atoms with E-state index in [4.69, 9.17) is 5.59 Å². The Morgan fingerprint density at radius 1 is 0.675 bits per heavy atom. The van der Waals surface area contributed by atoms with Crippen LogP contribution in [0.1, 0.15) is 129 Å². The second-order valence-corrected chi connectivity index (χ2v) is 37.2. The van der Waals surface area contributed by atoms with Crippen LogP contribution in [-0.4, -0.2) is 57.1 Å². The predicted octanol–water partition coefficient (Wildman–Crippen LogP) is 9.95. The van der Waals surface area contributed by atoms with Crippen LogP contribution in [0.5, 0.6) is 5.75 Å². The maximum atomic E-state index is 13.7. The first kappa shape index (κ1) is 38.0. The van der Waals surface area contributed by atoms with Crippen molar-refractivity contribution in [2.24, 2.45) is 0 Å². The van der Waals surface area contributed by atoms with Gasteiger partial charge in [-0.25, -0.2) is 0 Å². The van der Waals surface area contributed by atoms with Crippen LogP contribution in [0.25, 0.3) is 0 Å². The maximum absolute atomic E-state index is 13.7. The average Bonchev–Trinajstić information content (AvgIpc) is 2.94. The molecule has 1 N–H and O–H groups in total. The number of aromatic hydroxyl groups is 1. The van der Waals surface area contributed by atoms with Crippen LogP contribution in [0.3, 0.4) is 0 Å². The van der Waals surface area contributed by atoms with E-state index in [1.54, 1.807) is 0 Å². The van der Waals surface area contributed by atoms with Crippen molar-refractivity contribution in [1.82, 2.24) is 0 Å². The second-order valence-electron chi connectivity index (χ2n) is 11.6. The summed E-state index contributed by atoms with van der Waals surface area (Å²) in [5, 5.41) is 10.7. The minimum atomic E-state index is -4.08. The van der Waals surface area contributed by atoms with Gasteiger partial charge in [-0.3, -0.25) is 0 Å². The summed E-state index contributed by atoms with van der Waals surface area (Å²) in [5.74, 6) is -0.797. The van der Waals surface area contributed by atoms with Gasteiger partial charge < -0.3 is 0 Å². The van der Waals surface area contributed by atoms with Crippen molar-refractivity contribution in [2.75, 3.05) is 0 Å². The van der Waals surface area contributed by atoms with Gasteiger partial charge in [-0.05, 0) is 0 Å². The van der Waals surface area contributed by atoms with Crippen molar-refractivity contribution in [1.29, 1.82) is 0 Å². The van der Waals surface area contributed by atoms with E-state index in [1.807, 2.05) is 0 Å². The van der Waals surface area contributed by atoms with E-state index in [1.165, 1.54) is 18.2 Å². The molecule has 0 amide bonds. The fourth-order valence-electron chi connectivity index (χ4n) is 5.39. The van der Waals surface area contributed by atoms with Crippen LogP contribution in [0.2, 0.25) is 26.6 Å². The van der Waals surface area contributed by atoms with Crippen molar-refractivity contribution in [3.8, 4) is 5.75 Å². The predicted molar refractivity (Wildman–Crippen MR) is 172 cm³/mol. The van der Waals surface area contributed by atoms with Gasteiger partial charge in [0.25, 0.3) is 0 Å². The molecule has 0 bridgehead atoms. The monoisotopic (exact) mass is 798 g/mol. The van der Waals surface area contributed by atoms with Crippen molar-refractivity contribution in [2.45, 2.75) is 150 Å². The number of carbonyl (C=O) groups is 1. The average molecular weight is 796 g/mol. The summed E-state index contributed by atoms with van der Waals surface area (Å²) in [7, 11) is -4.08. The molecule has 6 nitrogen and oxygen atoms in total. The van der Waals surface area contributed by atoms with Crippen molar-refractivity contribution >= 4 is 53.7 Å². The van der Waals surface area contributed by atoms with Gasteiger partial charge >= 0.3 is 257 Å². The zero-order valence-electron chi connectivity index (χ0n) is 26.4. The van der Waals surface area contributed by atoms with Gasteiger partial charge in [-0.1, -0.05) is 0 Å². The van der Waals surface area contributed by atoms with E-state index in [0.717, 1.165) is 104 Å². The van der Waals surface area contributed by atoms with E-state index in [-0.39, 0.29) is 16.2 Å². The molecule has 1 aromatic rings. The summed E-state index contributed by atoms with van der Waals surface area (Å²) in [5.41, 5.74) is -0.0493. The number of unbranched alkanes of at least 4 members (excludes halogenated alkanes) is 6. The Morgan fingerprint density at radius 2 is 1.05 bits per heavy atom. The summed E-state index contributed by atoms with van der Waals surface area (Å²) < 4.78 is 45.8. The first-order valence-electron chi connectivity index (χ1n) is 16.1. The summed E-state index contributed by atoms with van der Waals surface area (Å²) in [6, 6.07) is 3.99. The van der Waals surface area contributed by atoms with Crippen LogP contribution < -0.4 is 0 Å². The molecule has 0 aliphatic carbocycles. The third kappa shape index (κ3) is 12.7. The molecule has 0 radical (unpaired) electrons. The van der Waals surface area contributed by atoms with E-state index in [2.05, 4.69) is 41.5 Å². The molecule has 0 aliphatic rings. The molecule has 0 saturated heterocycles. The number of hydrogen-bond donors (Lipinski definition) is 1. The number of hydrogen-bond acceptors (Lipinski definition) is 6. The zero-order valence-corrected chi connectivity index (χ0v) is 32.9. The Morgan fingerprint density at radius 3 is 1.43 bits per heavy atom. The number of carbonyl (C=O) groups excluding carboxylic acids is 1. The molecule has 40 heavy (non-hydrogen) atoms. The second kappa shape index (κ2) is 20.0. The topological polar surface area (TPSA) is 89.9 Å². The molecule has 0 saturated carbocycles. The minimum absolute atomic E-state index is 0.0423. The standard InChI is InChI=1S/C7H6O6S.6C4H9.2Sn/c8-6-2-1-4(14(11,12)13)3-5(6)7(9)10;6*1-3-4-2;;/h1-3,8H,(H,9,10)(H,11,12,13);6*1,3-4H2,2H3;;/q;;;;;;;2*+1/p-2. The van der Waals surface area contributed by atoms with Gasteiger partial charge in [0.1, 0.15) is 0 Å². The Bertz CT molecular complexity index is 923. The molecule has 0 heterocycles. The Hall–Kier alpha value is -0.00260. The quantitative estimate of drug-likeness (QED) is 0.111. The van der Waals surface area contributed by atoms with Crippen molar-refractivity contribution < 1.29 is 23.9 Å². The third-order valence-electron chi connectivity index (χ3n) is 7.99. The molecule has 0 aliphatic heterocycles. The van der Waals surface area contributed by atoms with Gasteiger partial charge in [0.05, 0.1) is 0 Å². The van der Waals surface area contributed by atoms with Crippen LogP contribution in [0, 0.1) is 0 Å². The summed E-state index contributed by atoms with van der Waals surface area (Å²) in [4.78, 5) is 13.6. The SMILES string of the molecule is CCC[CH2][Sn]([CH2]CCC)([CH2]CCC)[O]C(=O)c1cc(S(=O)(=O)[O][Sn]([CH2]CCC)([CH2]CCC)[CH2]CCC)ccc1O. The zero-order chi connectivity index (χ0) is 30.1. The molecular weight excluding hydrogens is 738 g/mol. The van der Waals surface area contributed by atoms with Crippen LogP contribution >= 0.6 is 0 Å². The van der Waals surface area contributed by atoms with E-state index < -0.39 is 53.7 Å². The fraction of sp³-hybridized carbons (Fsp3) is 0.774. The molecule has 9 heteroatoms. The van der Waals surface area contributed by atoms with Crippen LogP contribution in [-0.2, 0) is 15.7 Å². The van der Waals surface area contributed by atoms with Crippen molar-refractivity contribution in [3.63, 3.8) is 0 Å². The van der Waals surface area contributed by atoms with E-state index >= 15 is 0 Å². The number of phenols is 1. The summed E-state index contributed by atoms with van der Waals surface area (Å²) in [6.45, 7) is 12.9. The molecule has 0 aromatic heterocycles. The molecule has 1 rings (SSSR count). The first-order valence-corrected chi connectivity index (χ1v) is 31.9. The normalized spacial score (nSPS) is 12.6. The summed E-state index contributed by atoms with van der Waals surface area (Å²) >= 11 is -6.83. The van der Waals surface area contributed by atoms with Crippen molar-refractivity contribution in [3.05, 3.63) is 23.8 Å². The fourth-order valence-corrected chi connectivity index (χ4v) is 37.3. The Labute approximate surface area is 255 Å². The van der Waals surface area contributed by atoms with Gasteiger partial charge in [0, 0.05) is 0 Å².